The summed E-state index contributed by atoms with van der Waals surface area (Å²) in [4.78, 5) is 14.2. The van der Waals surface area contributed by atoms with Gasteiger partial charge in [-0.15, -0.1) is 0 Å². The molecule has 0 amide bonds. The lowest BCUT2D eigenvalue weighted by Gasteiger charge is -2.15. The molecule has 0 rings (SSSR count). The molecule has 0 radical (unpaired) electrons. The van der Waals surface area contributed by atoms with E-state index in [0.717, 1.165) is 13.0 Å². The van der Waals surface area contributed by atoms with Gasteiger partial charge in [0.1, 0.15) is 0 Å². The van der Waals surface area contributed by atoms with E-state index in [-0.39, 0.29) is 5.97 Å². The van der Waals surface area contributed by atoms with Crippen LogP contribution in [0.1, 0.15) is 181 Å². The zero-order chi connectivity index (χ0) is 26.4. The van der Waals surface area contributed by atoms with Crippen molar-refractivity contribution >= 4 is 5.97 Å². The summed E-state index contributed by atoms with van der Waals surface area (Å²) in [6.45, 7) is 6.61. The molecule has 3 heteroatoms. The third kappa shape index (κ3) is 29.7. The first-order valence-electron chi connectivity index (χ1n) is 16.5. The predicted molar refractivity (Wildman–Crippen MR) is 160 cm³/mol. The topological polar surface area (TPSA) is 29.5 Å². The molecule has 0 atom stereocenters. The van der Waals surface area contributed by atoms with Crippen molar-refractivity contribution in [3.8, 4) is 0 Å². The molecule has 0 aliphatic carbocycles. The molecule has 0 aromatic carbocycles. The summed E-state index contributed by atoms with van der Waals surface area (Å²) in [6, 6.07) is 0. The quantitative estimate of drug-likeness (QED) is 0.0712. The maximum atomic E-state index is 12.0. The largest absolute Gasteiger partial charge is 0.465 e. The summed E-state index contributed by atoms with van der Waals surface area (Å²) >= 11 is 0. The van der Waals surface area contributed by atoms with Crippen LogP contribution in [-0.4, -0.2) is 37.6 Å². The Morgan fingerprint density at radius 1 is 0.472 bits per heavy atom. The zero-order valence-electron chi connectivity index (χ0n) is 25.3. The molecule has 216 valence electrons. The SMILES string of the molecule is CCCCCCCCCCCCCCCCCCOC(=O)CN(C)CCCCCCCCCCCC. The minimum atomic E-state index is -0.0504. The van der Waals surface area contributed by atoms with Gasteiger partial charge in [-0.2, -0.15) is 0 Å². The fourth-order valence-corrected chi connectivity index (χ4v) is 5.05. The van der Waals surface area contributed by atoms with Crippen molar-refractivity contribution in [1.82, 2.24) is 4.90 Å². The van der Waals surface area contributed by atoms with Crippen LogP contribution in [0.2, 0.25) is 0 Å². The minimum absolute atomic E-state index is 0.0504. The van der Waals surface area contributed by atoms with Gasteiger partial charge in [-0.1, -0.05) is 168 Å². The lowest BCUT2D eigenvalue weighted by molar-refractivity contribution is -0.144. The van der Waals surface area contributed by atoms with Crippen LogP contribution in [0.5, 0.6) is 0 Å². The fraction of sp³-hybridized carbons (Fsp3) is 0.970. The number of ether oxygens (including phenoxy) is 1. The first-order chi connectivity index (χ1) is 17.7. The lowest BCUT2D eigenvalue weighted by atomic mass is 10.0. The van der Waals surface area contributed by atoms with E-state index < -0.39 is 0 Å². The van der Waals surface area contributed by atoms with Crippen LogP contribution in [0.4, 0.5) is 0 Å². The number of esters is 1. The van der Waals surface area contributed by atoms with E-state index in [1.54, 1.807) is 0 Å². The molecule has 0 saturated carbocycles. The smallest absolute Gasteiger partial charge is 0.320 e. The van der Waals surface area contributed by atoms with E-state index in [1.165, 1.54) is 161 Å². The van der Waals surface area contributed by atoms with Crippen LogP contribution >= 0.6 is 0 Å². The Morgan fingerprint density at radius 3 is 1.14 bits per heavy atom. The van der Waals surface area contributed by atoms with Crippen LogP contribution in [0.3, 0.4) is 0 Å². The first kappa shape index (κ1) is 35.4. The van der Waals surface area contributed by atoms with Gasteiger partial charge in [0.25, 0.3) is 0 Å². The van der Waals surface area contributed by atoms with Gasteiger partial charge in [-0.05, 0) is 26.4 Å². The summed E-state index contributed by atoms with van der Waals surface area (Å²) in [7, 11) is 2.05. The van der Waals surface area contributed by atoms with Crippen LogP contribution in [0.25, 0.3) is 0 Å². The normalized spacial score (nSPS) is 11.4. The zero-order valence-corrected chi connectivity index (χ0v) is 25.3. The number of nitrogens with zero attached hydrogens (tertiary/aromatic N) is 1. The molecule has 3 nitrogen and oxygen atoms in total. The molecule has 0 aromatic rings. The Labute approximate surface area is 227 Å². The summed E-state index contributed by atoms with van der Waals surface area (Å²) in [5.41, 5.74) is 0. The Balaban J connectivity index is 3.26. The number of rotatable bonds is 30. The number of hydrogen-bond donors (Lipinski definition) is 0. The van der Waals surface area contributed by atoms with Gasteiger partial charge >= 0.3 is 5.97 Å². The van der Waals surface area contributed by atoms with Crippen LogP contribution in [0.15, 0.2) is 0 Å². The Bertz CT molecular complexity index is 426. The van der Waals surface area contributed by atoms with Gasteiger partial charge in [-0.25, -0.2) is 0 Å². The van der Waals surface area contributed by atoms with Crippen LogP contribution in [0, 0.1) is 0 Å². The van der Waals surface area contributed by atoms with Crippen molar-refractivity contribution in [2.24, 2.45) is 0 Å². The maximum Gasteiger partial charge on any atom is 0.320 e. The number of hydrogen-bond acceptors (Lipinski definition) is 3. The fourth-order valence-electron chi connectivity index (χ4n) is 5.05. The molecule has 0 bridgehead atoms. The molecule has 0 N–H and O–H groups in total. The van der Waals surface area contributed by atoms with E-state index in [4.69, 9.17) is 4.74 Å². The Kier molecular flexibility index (Phi) is 30.2. The molecule has 0 heterocycles. The number of unbranched alkanes of at least 4 members (excludes halogenated alkanes) is 24. The van der Waals surface area contributed by atoms with Crippen LogP contribution < -0.4 is 0 Å². The molecule has 0 aliphatic rings. The third-order valence-electron chi connectivity index (χ3n) is 7.55. The molecular weight excluding hydrogens is 442 g/mol. The number of likely N-dealkylation sites (N-methyl/N-ethyl adjacent to an activating group) is 1. The highest BCUT2D eigenvalue weighted by Gasteiger charge is 2.07. The molecule has 0 unspecified atom stereocenters. The molecule has 36 heavy (non-hydrogen) atoms. The maximum absolute atomic E-state index is 12.0. The molecule has 0 saturated heterocycles. The van der Waals surface area contributed by atoms with Gasteiger partial charge in [0.2, 0.25) is 0 Å². The van der Waals surface area contributed by atoms with Gasteiger partial charge in [0.05, 0.1) is 13.2 Å². The molecule has 0 aromatic heterocycles. The number of carbonyl (C=O) groups is 1. The second kappa shape index (κ2) is 30.7. The summed E-state index contributed by atoms with van der Waals surface area (Å²) in [6.07, 6.45) is 35.5. The van der Waals surface area contributed by atoms with Crippen molar-refractivity contribution in [2.75, 3.05) is 26.7 Å². The summed E-state index contributed by atoms with van der Waals surface area (Å²) in [5, 5.41) is 0. The van der Waals surface area contributed by atoms with Crippen molar-refractivity contribution < 1.29 is 9.53 Å². The van der Waals surface area contributed by atoms with Crippen molar-refractivity contribution in [3.05, 3.63) is 0 Å². The highest BCUT2D eigenvalue weighted by molar-refractivity contribution is 5.71. The highest BCUT2D eigenvalue weighted by Crippen LogP contribution is 2.14. The van der Waals surface area contributed by atoms with E-state index in [9.17, 15) is 4.79 Å². The molecule has 0 fully saturated rings. The highest BCUT2D eigenvalue weighted by atomic mass is 16.5. The number of carbonyl (C=O) groups excluding carboxylic acids is 1. The van der Waals surface area contributed by atoms with Crippen molar-refractivity contribution in [3.63, 3.8) is 0 Å². The van der Waals surface area contributed by atoms with Gasteiger partial charge in [-0.3, -0.25) is 9.69 Å². The predicted octanol–water partition coefficient (Wildman–Crippen LogP) is 10.6. The Morgan fingerprint density at radius 2 is 0.778 bits per heavy atom. The molecule has 0 aliphatic heterocycles. The van der Waals surface area contributed by atoms with Gasteiger partial charge in [0.15, 0.2) is 0 Å². The second-order valence-corrected chi connectivity index (χ2v) is 11.4. The average molecular weight is 510 g/mol. The molecule has 0 spiro atoms. The monoisotopic (exact) mass is 510 g/mol. The van der Waals surface area contributed by atoms with E-state index in [1.807, 2.05) is 7.05 Å². The average Bonchev–Trinajstić information content (AvgIpc) is 2.87. The minimum Gasteiger partial charge on any atom is -0.465 e. The van der Waals surface area contributed by atoms with Gasteiger partial charge < -0.3 is 4.74 Å². The molecular formula is C33H67NO2. The van der Waals surface area contributed by atoms with E-state index in [2.05, 4.69) is 18.7 Å². The standard InChI is InChI=1S/C33H67NO2/c1-4-6-8-10-12-14-16-17-18-19-20-21-23-25-27-29-31-36-33(35)32-34(3)30-28-26-24-22-15-13-11-9-7-5-2/h4-32H2,1-3H3. The van der Waals surface area contributed by atoms with E-state index in [0.29, 0.717) is 13.2 Å². The lowest BCUT2D eigenvalue weighted by Crippen LogP contribution is -2.28. The summed E-state index contributed by atoms with van der Waals surface area (Å²) < 4.78 is 5.45. The Hall–Kier alpha value is -0.570. The van der Waals surface area contributed by atoms with E-state index >= 15 is 0 Å². The third-order valence-corrected chi connectivity index (χ3v) is 7.55. The van der Waals surface area contributed by atoms with Crippen molar-refractivity contribution in [2.45, 2.75) is 181 Å². The first-order valence-corrected chi connectivity index (χ1v) is 16.5. The summed E-state index contributed by atoms with van der Waals surface area (Å²) in [5.74, 6) is -0.0504. The second-order valence-electron chi connectivity index (χ2n) is 11.4. The van der Waals surface area contributed by atoms with Gasteiger partial charge in [0, 0.05) is 0 Å². The van der Waals surface area contributed by atoms with Crippen molar-refractivity contribution in [1.29, 1.82) is 0 Å². The van der Waals surface area contributed by atoms with Crippen LogP contribution in [-0.2, 0) is 9.53 Å².